The number of hydrogen-bond donors (Lipinski definition) is 2. The van der Waals surface area contributed by atoms with Gasteiger partial charge in [0, 0.05) is 12.9 Å². The van der Waals surface area contributed by atoms with Crippen LogP contribution >= 0.6 is 19.4 Å². The molecule has 0 spiro atoms. The van der Waals surface area contributed by atoms with E-state index in [9.17, 15) is 4.57 Å². The minimum atomic E-state index is -3.90. The van der Waals surface area contributed by atoms with E-state index < -0.39 is 7.60 Å². The third-order valence-electron chi connectivity index (χ3n) is 5.02. The van der Waals surface area contributed by atoms with E-state index in [1.807, 2.05) is 11.8 Å². The van der Waals surface area contributed by atoms with Crippen molar-refractivity contribution >= 4 is 19.4 Å². The molecule has 4 nitrogen and oxygen atoms in total. The van der Waals surface area contributed by atoms with Gasteiger partial charge in [0.05, 0.1) is 12.3 Å². The van der Waals surface area contributed by atoms with Crippen LogP contribution in [0.25, 0.3) is 0 Å². The van der Waals surface area contributed by atoms with E-state index in [1.165, 1.54) is 89.9 Å². The Hall–Kier alpha value is 0.460. The fourth-order valence-corrected chi connectivity index (χ4v) is 4.96. The second-order valence-corrected chi connectivity index (χ2v) is 10.6. The Bertz CT molecular complexity index is 349. The second kappa shape index (κ2) is 19.8. The minimum Gasteiger partial charge on any atom is -0.381 e. The van der Waals surface area contributed by atoms with Gasteiger partial charge in [-0.05, 0) is 18.6 Å². The molecule has 0 aliphatic heterocycles. The van der Waals surface area contributed by atoms with Crippen molar-refractivity contribution in [3.05, 3.63) is 0 Å². The summed E-state index contributed by atoms with van der Waals surface area (Å²) in [5.74, 6) is 1.95. The zero-order chi connectivity index (χ0) is 20.2. The van der Waals surface area contributed by atoms with Crippen molar-refractivity contribution in [2.75, 3.05) is 24.8 Å². The molecule has 0 heterocycles. The number of ether oxygens (including phenoxy) is 1. The zero-order valence-corrected chi connectivity index (χ0v) is 19.6. The summed E-state index contributed by atoms with van der Waals surface area (Å²) < 4.78 is 16.2. The highest BCUT2D eigenvalue weighted by atomic mass is 32.2. The van der Waals surface area contributed by atoms with E-state index in [0.717, 1.165) is 11.5 Å². The Morgan fingerprint density at radius 3 is 1.67 bits per heavy atom. The smallest absolute Gasteiger partial charge is 0.325 e. The van der Waals surface area contributed by atoms with E-state index in [2.05, 4.69) is 6.92 Å². The molecular weight excluding hydrogens is 379 g/mol. The molecule has 0 aliphatic carbocycles. The quantitative estimate of drug-likeness (QED) is 0.157. The maximum Gasteiger partial charge on any atom is 0.325 e. The highest BCUT2D eigenvalue weighted by Crippen LogP contribution is 2.35. The van der Waals surface area contributed by atoms with Gasteiger partial charge in [-0.3, -0.25) is 4.57 Å². The SMILES string of the molecule is CCCCCCCCCCCCCCCCSC[C@@H](CCP(=O)(O)O)OC. The normalized spacial score (nSPS) is 13.2. The van der Waals surface area contributed by atoms with Crippen LogP contribution in [0, 0.1) is 0 Å². The Morgan fingerprint density at radius 1 is 0.815 bits per heavy atom. The summed E-state index contributed by atoms with van der Waals surface area (Å²) in [6, 6.07) is 0. The van der Waals surface area contributed by atoms with Crippen LogP contribution in [0.3, 0.4) is 0 Å². The number of unbranched alkanes of at least 4 members (excludes halogenated alkanes) is 13. The molecule has 0 fully saturated rings. The third kappa shape index (κ3) is 22.6. The van der Waals surface area contributed by atoms with Crippen molar-refractivity contribution < 1.29 is 19.1 Å². The van der Waals surface area contributed by atoms with Crippen molar-refractivity contribution in [1.82, 2.24) is 0 Å². The first kappa shape index (κ1) is 27.5. The van der Waals surface area contributed by atoms with Crippen LogP contribution in [-0.4, -0.2) is 40.7 Å². The van der Waals surface area contributed by atoms with Gasteiger partial charge in [-0.15, -0.1) is 0 Å². The average Bonchev–Trinajstić information content (AvgIpc) is 2.63. The number of methoxy groups -OCH3 is 1. The molecule has 1 atom stereocenters. The maximum atomic E-state index is 10.9. The van der Waals surface area contributed by atoms with Crippen LogP contribution in [-0.2, 0) is 9.30 Å². The number of hydrogen-bond acceptors (Lipinski definition) is 3. The summed E-state index contributed by atoms with van der Waals surface area (Å²) in [5, 5.41) is 0. The summed E-state index contributed by atoms with van der Waals surface area (Å²) in [5.41, 5.74) is 0. The molecule has 0 aromatic carbocycles. The standard InChI is InChI=1S/C21H45O4PS/c1-3-4-5-6-7-8-9-10-11-12-13-14-15-16-19-27-20-21(25-2)17-18-26(22,23)24/h21H,3-20H2,1-2H3,(H2,22,23,24)/t21-/m1/s1. The summed E-state index contributed by atoms with van der Waals surface area (Å²) >= 11 is 1.84. The van der Waals surface area contributed by atoms with E-state index in [-0.39, 0.29) is 12.3 Å². The highest BCUT2D eigenvalue weighted by Gasteiger charge is 2.17. The van der Waals surface area contributed by atoms with Gasteiger partial charge < -0.3 is 14.5 Å². The summed E-state index contributed by atoms with van der Waals surface area (Å²) in [4.78, 5) is 17.8. The molecule has 0 aromatic rings. The van der Waals surface area contributed by atoms with Gasteiger partial charge in [0.1, 0.15) is 0 Å². The van der Waals surface area contributed by atoms with Gasteiger partial charge in [-0.2, -0.15) is 11.8 Å². The van der Waals surface area contributed by atoms with Crippen LogP contribution in [0.2, 0.25) is 0 Å². The first-order valence-electron chi connectivity index (χ1n) is 11.1. The number of thioether (sulfide) groups is 1. The molecule has 164 valence electrons. The summed E-state index contributed by atoms with van der Waals surface area (Å²) in [7, 11) is -2.28. The molecule has 0 saturated carbocycles. The first-order chi connectivity index (χ1) is 13.0. The highest BCUT2D eigenvalue weighted by molar-refractivity contribution is 7.99. The molecular formula is C21H45O4PS. The largest absolute Gasteiger partial charge is 0.381 e. The Morgan fingerprint density at radius 2 is 1.26 bits per heavy atom. The van der Waals surface area contributed by atoms with Crippen molar-refractivity contribution in [1.29, 1.82) is 0 Å². The molecule has 6 heteroatoms. The molecule has 0 rings (SSSR count). The van der Waals surface area contributed by atoms with Gasteiger partial charge in [-0.25, -0.2) is 0 Å². The van der Waals surface area contributed by atoms with Crippen molar-refractivity contribution in [3.63, 3.8) is 0 Å². The fourth-order valence-electron chi connectivity index (χ4n) is 3.19. The van der Waals surface area contributed by atoms with Gasteiger partial charge in [0.25, 0.3) is 0 Å². The monoisotopic (exact) mass is 424 g/mol. The number of rotatable bonds is 21. The molecule has 0 saturated heterocycles. The Balaban J connectivity index is 3.25. The average molecular weight is 425 g/mol. The van der Waals surface area contributed by atoms with Crippen LogP contribution < -0.4 is 0 Å². The van der Waals surface area contributed by atoms with Crippen LogP contribution in [0.4, 0.5) is 0 Å². The molecule has 0 bridgehead atoms. The van der Waals surface area contributed by atoms with Gasteiger partial charge in [0.2, 0.25) is 0 Å². The van der Waals surface area contributed by atoms with Crippen molar-refractivity contribution in [3.8, 4) is 0 Å². The lowest BCUT2D eigenvalue weighted by molar-refractivity contribution is 0.118. The molecule has 0 amide bonds. The lowest BCUT2D eigenvalue weighted by atomic mass is 10.0. The Labute approximate surface area is 172 Å². The van der Waals surface area contributed by atoms with Crippen LogP contribution in [0.15, 0.2) is 0 Å². The topological polar surface area (TPSA) is 66.8 Å². The van der Waals surface area contributed by atoms with Gasteiger partial charge in [0.15, 0.2) is 0 Å². The minimum absolute atomic E-state index is 0.0470. The zero-order valence-electron chi connectivity index (χ0n) is 17.9. The predicted octanol–water partition coefficient (Wildman–Crippen LogP) is 6.78. The van der Waals surface area contributed by atoms with E-state index in [1.54, 1.807) is 7.11 Å². The lowest BCUT2D eigenvalue weighted by Crippen LogP contribution is -2.16. The second-order valence-electron chi connectivity index (χ2n) is 7.71. The van der Waals surface area contributed by atoms with Gasteiger partial charge in [-0.1, -0.05) is 90.4 Å². The van der Waals surface area contributed by atoms with Crippen LogP contribution in [0.5, 0.6) is 0 Å². The fraction of sp³-hybridized carbons (Fsp3) is 1.00. The molecule has 0 unspecified atom stereocenters. The van der Waals surface area contributed by atoms with E-state index in [0.29, 0.717) is 6.42 Å². The maximum absolute atomic E-state index is 10.9. The summed E-state index contributed by atoms with van der Waals surface area (Å²) in [6.07, 6.45) is 19.6. The molecule has 0 aromatic heterocycles. The Kier molecular flexibility index (Phi) is 20.1. The van der Waals surface area contributed by atoms with Crippen molar-refractivity contribution in [2.45, 2.75) is 109 Å². The first-order valence-corrected chi connectivity index (χ1v) is 14.1. The van der Waals surface area contributed by atoms with Crippen LogP contribution in [0.1, 0.15) is 103 Å². The van der Waals surface area contributed by atoms with E-state index >= 15 is 0 Å². The molecule has 2 N–H and O–H groups in total. The molecule has 0 aliphatic rings. The lowest BCUT2D eigenvalue weighted by Gasteiger charge is -2.15. The molecule has 0 radical (unpaired) electrons. The molecule has 27 heavy (non-hydrogen) atoms. The van der Waals surface area contributed by atoms with Crippen molar-refractivity contribution in [2.24, 2.45) is 0 Å². The predicted molar refractivity (Wildman–Crippen MR) is 120 cm³/mol. The van der Waals surface area contributed by atoms with Gasteiger partial charge >= 0.3 is 7.60 Å². The third-order valence-corrected chi connectivity index (χ3v) is 7.05. The van der Waals surface area contributed by atoms with E-state index in [4.69, 9.17) is 14.5 Å². The summed E-state index contributed by atoms with van der Waals surface area (Å²) in [6.45, 7) is 2.27.